The van der Waals surface area contributed by atoms with Crippen LogP contribution >= 0.6 is 0 Å². The molecule has 0 spiro atoms. The fourth-order valence-corrected chi connectivity index (χ4v) is 4.26. The molecule has 1 fully saturated rings. The highest BCUT2D eigenvalue weighted by molar-refractivity contribution is 5.33. The van der Waals surface area contributed by atoms with Gasteiger partial charge in [-0.3, -0.25) is 0 Å². The molecular formula is C25H31F3O2. The van der Waals surface area contributed by atoms with Gasteiger partial charge in [-0.25, -0.2) is 8.78 Å². The van der Waals surface area contributed by atoms with E-state index in [1.807, 2.05) is 6.07 Å². The standard InChI is InChI=1S/C25H31F3O2/c1-3-4-5-6-17-9-13-22(21(26)15-17)30-16-18-7-10-19(11-8-18)20-12-14-23(29-2)25(28)24(20)27/h9,12-15,18-19H,3-8,10-11,16H2,1-2H3. The Bertz CT molecular complexity index is 829. The molecule has 1 saturated carbocycles. The van der Waals surface area contributed by atoms with Gasteiger partial charge in [-0.2, -0.15) is 4.39 Å². The second-order valence-electron chi connectivity index (χ2n) is 8.24. The van der Waals surface area contributed by atoms with Crippen LogP contribution in [0.4, 0.5) is 13.2 Å². The fraction of sp³-hybridized carbons (Fsp3) is 0.520. The third-order valence-electron chi connectivity index (χ3n) is 6.12. The Hall–Kier alpha value is -2.17. The number of halogens is 3. The number of hydrogen-bond donors (Lipinski definition) is 0. The lowest BCUT2D eigenvalue weighted by Gasteiger charge is -2.29. The Morgan fingerprint density at radius 2 is 1.63 bits per heavy atom. The van der Waals surface area contributed by atoms with Crippen molar-refractivity contribution in [2.75, 3.05) is 13.7 Å². The topological polar surface area (TPSA) is 18.5 Å². The maximum atomic E-state index is 14.4. The number of benzene rings is 2. The van der Waals surface area contributed by atoms with Gasteiger partial charge in [0.15, 0.2) is 23.1 Å². The molecule has 3 rings (SSSR count). The molecule has 0 saturated heterocycles. The molecule has 0 N–H and O–H groups in total. The summed E-state index contributed by atoms with van der Waals surface area (Å²) in [6.45, 7) is 2.59. The molecule has 0 heterocycles. The van der Waals surface area contributed by atoms with E-state index in [2.05, 4.69) is 6.92 Å². The summed E-state index contributed by atoms with van der Waals surface area (Å²) in [6.07, 6.45) is 7.45. The highest BCUT2D eigenvalue weighted by Crippen LogP contribution is 2.38. The van der Waals surface area contributed by atoms with E-state index < -0.39 is 11.6 Å². The van der Waals surface area contributed by atoms with Crippen molar-refractivity contribution in [2.45, 2.75) is 64.2 Å². The van der Waals surface area contributed by atoms with Crippen molar-refractivity contribution < 1.29 is 22.6 Å². The van der Waals surface area contributed by atoms with Gasteiger partial charge in [0.25, 0.3) is 0 Å². The first-order valence-electron chi connectivity index (χ1n) is 11.0. The van der Waals surface area contributed by atoms with E-state index in [0.29, 0.717) is 17.9 Å². The van der Waals surface area contributed by atoms with Gasteiger partial charge < -0.3 is 9.47 Å². The third-order valence-corrected chi connectivity index (χ3v) is 6.12. The molecule has 164 valence electrons. The summed E-state index contributed by atoms with van der Waals surface area (Å²) in [5, 5.41) is 0. The Morgan fingerprint density at radius 3 is 2.30 bits per heavy atom. The molecule has 0 bridgehead atoms. The van der Waals surface area contributed by atoms with Crippen molar-refractivity contribution in [2.24, 2.45) is 5.92 Å². The van der Waals surface area contributed by atoms with Crippen LogP contribution in [0.5, 0.6) is 11.5 Å². The van der Waals surface area contributed by atoms with Crippen LogP contribution in [0.15, 0.2) is 30.3 Å². The molecule has 0 amide bonds. The van der Waals surface area contributed by atoms with Gasteiger partial charge in [-0.15, -0.1) is 0 Å². The van der Waals surface area contributed by atoms with Crippen LogP contribution in [0.1, 0.15) is 68.9 Å². The van der Waals surface area contributed by atoms with Gasteiger partial charge in [0, 0.05) is 0 Å². The van der Waals surface area contributed by atoms with Gasteiger partial charge in [-0.1, -0.05) is 31.9 Å². The van der Waals surface area contributed by atoms with Crippen molar-refractivity contribution in [3.63, 3.8) is 0 Å². The maximum absolute atomic E-state index is 14.4. The van der Waals surface area contributed by atoms with Crippen LogP contribution < -0.4 is 9.47 Å². The van der Waals surface area contributed by atoms with E-state index in [4.69, 9.17) is 9.47 Å². The maximum Gasteiger partial charge on any atom is 0.200 e. The average molecular weight is 421 g/mol. The van der Waals surface area contributed by atoms with E-state index in [9.17, 15) is 13.2 Å². The molecule has 30 heavy (non-hydrogen) atoms. The van der Waals surface area contributed by atoms with E-state index in [1.54, 1.807) is 18.2 Å². The summed E-state index contributed by atoms with van der Waals surface area (Å²) in [5.74, 6) is -1.55. The zero-order valence-electron chi connectivity index (χ0n) is 17.9. The second-order valence-corrected chi connectivity index (χ2v) is 8.24. The average Bonchev–Trinajstić information content (AvgIpc) is 2.76. The molecule has 2 aromatic rings. The van der Waals surface area contributed by atoms with Gasteiger partial charge in [-0.05, 0) is 79.7 Å². The Kier molecular flexibility index (Phi) is 8.06. The molecule has 2 aromatic carbocycles. The number of methoxy groups -OCH3 is 1. The molecule has 0 aliphatic heterocycles. The van der Waals surface area contributed by atoms with Crippen molar-refractivity contribution in [3.05, 3.63) is 58.9 Å². The summed E-state index contributed by atoms with van der Waals surface area (Å²) in [6, 6.07) is 8.33. The molecule has 2 nitrogen and oxygen atoms in total. The lowest BCUT2D eigenvalue weighted by Crippen LogP contribution is -2.20. The van der Waals surface area contributed by atoms with Gasteiger partial charge in [0.05, 0.1) is 13.7 Å². The molecular weight excluding hydrogens is 389 g/mol. The monoisotopic (exact) mass is 420 g/mol. The van der Waals surface area contributed by atoms with Gasteiger partial charge in [0.1, 0.15) is 0 Å². The van der Waals surface area contributed by atoms with Crippen LogP contribution in [0, 0.1) is 23.4 Å². The van der Waals surface area contributed by atoms with Crippen molar-refractivity contribution >= 4 is 0 Å². The number of hydrogen-bond acceptors (Lipinski definition) is 2. The highest BCUT2D eigenvalue weighted by atomic mass is 19.2. The molecule has 0 unspecified atom stereocenters. The van der Waals surface area contributed by atoms with Crippen LogP contribution in [0.25, 0.3) is 0 Å². The van der Waals surface area contributed by atoms with Gasteiger partial charge >= 0.3 is 0 Å². The number of ether oxygens (including phenoxy) is 2. The smallest absolute Gasteiger partial charge is 0.200 e. The van der Waals surface area contributed by atoms with Crippen molar-refractivity contribution in [3.8, 4) is 11.5 Å². The third kappa shape index (κ3) is 5.50. The summed E-state index contributed by atoms with van der Waals surface area (Å²) >= 11 is 0. The van der Waals surface area contributed by atoms with Crippen LogP contribution in [0.2, 0.25) is 0 Å². The number of aryl methyl sites for hydroxylation is 1. The quantitative estimate of drug-likeness (QED) is 0.399. The van der Waals surface area contributed by atoms with Crippen LogP contribution in [-0.2, 0) is 6.42 Å². The second kappa shape index (κ2) is 10.7. The van der Waals surface area contributed by atoms with Gasteiger partial charge in [0.2, 0.25) is 5.82 Å². The minimum Gasteiger partial charge on any atom is -0.494 e. The lowest BCUT2D eigenvalue weighted by atomic mass is 9.79. The Balaban J connectivity index is 1.50. The molecule has 5 heteroatoms. The SMILES string of the molecule is CCCCCc1ccc(OCC2CCC(c3ccc(OC)c(F)c3F)CC2)c(F)c1. The lowest BCUT2D eigenvalue weighted by molar-refractivity contribution is 0.193. The number of unbranched alkanes of at least 4 members (excludes halogenated alkanes) is 2. The summed E-state index contributed by atoms with van der Waals surface area (Å²) in [5.41, 5.74) is 1.42. The van der Waals surface area contributed by atoms with E-state index in [1.165, 1.54) is 13.2 Å². The summed E-state index contributed by atoms with van der Waals surface area (Å²) < 4.78 is 53.3. The van der Waals surface area contributed by atoms with E-state index >= 15 is 0 Å². The molecule has 1 aliphatic carbocycles. The predicted octanol–water partition coefficient (Wildman–Crippen LogP) is 7.20. The minimum atomic E-state index is -0.922. The van der Waals surface area contributed by atoms with Crippen molar-refractivity contribution in [1.82, 2.24) is 0 Å². The van der Waals surface area contributed by atoms with E-state index in [-0.39, 0.29) is 23.4 Å². The largest absolute Gasteiger partial charge is 0.494 e. The van der Waals surface area contributed by atoms with Crippen molar-refractivity contribution in [1.29, 1.82) is 0 Å². The predicted molar refractivity (Wildman–Crippen MR) is 113 cm³/mol. The van der Waals surface area contributed by atoms with Crippen LogP contribution in [-0.4, -0.2) is 13.7 Å². The Labute approximate surface area is 177 Å². The summed E-state index contributed by atoms with van der Waals surface area (Å²) in [7, 11) is 1.32. The first-order chi connectivity index (χ1) is 14.5. The van der Waals surface area contributed by atoms with E-state index in [0.717, 1.165) is 56.9 Å². The molecule has 0 radical (unpaired) electrons. The minimum absolute atomic E-state index is 0.0132. The molecule has 1 aliphatic rings. The zero-order chi connectivity index (χ0) is 21.5. The highest BCUT2D eigenvalue weighted by Gasteiger charge is 2.27. The fourth-order valence-electron chi connectivity index (χ4n) is 4.26. The zero-order valence-corrected chi connectivity index (χ0v) is 17.9. The number of rotatable bonds is 9. The summed E-state index contributed by atoms with van der Waals surface area (Å²) in [4.78, 5) is 0. The molecule has 0 aromatic heterocycles. The first kappa shape index (κ1) is 22.5. The van der Waals surface area contributed by atoms with Crippen LogP contribution in [0.3, 0.4) is 0 Å². The normalized spacial score (nSPS) is 19.0. The first-order valence-corrected chi connectivity index (χ1v) is 11.0. The Morgan fingerprint density at radius 1 is 0.900 bits per heavy atom. The molecule has 0 atom stereocenters.